The maximum absolute atomic E-state index is 11.0. The summed E-state index contributed by atoms with van der Waals surface area (Å²) in [6, 6.07) is 0. The molecule has 0 unspecified atom stereocenters. The molecule has 0 saturated carbocycles. The zero-order chi connectivity index (χ0) is 12.0. The van der Waals surface area contributed by atoms with Crippen LogP contribution in [0, 0.1) is 0 Å². The van der Waals surface area contributed by atoms with E-state index in [4.69, 9.17) is 5.11 Å². The summed E-state index contributed by atoms with van der Waals surface area (Å²) in [6.07, 6.45) is 3.04. The number of hydrogen-bond acceptors (Lipinski definition) is 4. The predicted octanol–water partition coefficient (Wildman–Crippen LogP) is 0.531. The molecule has 90 valence electrons. The van der Waals surface area contributed by atoms with Gasteiger partial charge in [0.15, 0.2) is 5.16 Å². The van der Waals surface area contributed by atoms with E-state index >= 15 is 0 Å². The zero-order valence-electron chi connectivity index (χ0n) is 9.56. The molecule has 2 N–H and O–H groups in total. The number of hydrogen-bond donors (Lipinski definition) is 2. The summed E-state index contributed by atoms with van der Waals surface area (Å²) in [5, 5.41) is 12.4. The topological polar surface area (TPSA) is 67.2 Å². The van der Waals surface area contributed by atoms with Crippen molar-refractivity contribution in [3.05, 3.63) is 11.9 Å². The van der Waals surface area contributed by atoms with E-state index in [0.717, 1.165) is 23.0 Å². The lowest BCUT2D eigenvalue weighted by molar-refractivity contribution is -0.120. The van der Waals surface area contributed by atoms with E-state index in [9.17, 15) is 4.79 Å². The average molecular weight is 243 g/mol. The van der Waals surface area contributed by atoms with E-state index in [1.807, 2.05) is 11.6 Å². The van der Waals surface area contributed by atoms with Gasteiger partial charge in [0.25, 0.3) is 0 Å². The van der Waals surface area contributed by atoms with Crippen molar-refractivity contribution in [2.45, 2.75) is 24.6 Å². The van der Waals surface area contributed by atoms with Gasteiger partial charge in [0.1, 0.15) is 0 Å². The normalized spacial score (nSPS) is 10.4. The van der Waals surface area contributed by atoms with Gasteiger partial charge in [-0.15, -0.1) is 0 Å². The highest BCUT2D eigenvalue weighted by Crippen LogP contribution is 2.18. The fourth-order valence-corrected chi connectivity index (χ4v) is 2.14. The molecule has 1 rings (SSSR count). The van der Waals surface area contributed by atoms with Gasteiger partial charge in [-0.2, -0.15) is 0 Å². The quantitative estimate of drug-likeness (QED) is 0.565. The fourth-order valence-electron chi connectivity index (χ4n) is 1.23. The molecule has 0 aromatic carbocycles. The van der Waals surface area contributed by atoms with E-state index in [1.54, 1.807) is 25.0 Å². The first-order valence-corrected chi connectivity index (χ1v) is 6.12. The van der Waals surface area contributed by atoms with Gasteiger partial charge in [-0.25, -0.2) is 4.98 Å². The monoisotopic (exact) mass is 243 g/mol. The first kappa shape index (κ1) is 13.1. The number of nitrogens with one attached hydrogen (secondary N) is 1. The predicted molar refractivity (Wildman–Crippen MR) is 63.2 cm³/mol. The third kappa shape index (κ3) is 3.53. The maximum atomic E-state index is 11.0. The Morgan fingerprint density at radius 3 is 3.00 bits per heavy atom. The first-order valence-electron chi connectivity index (χ1n) is 5.14. The van der Waals surface area contributed by atoms with Crippen LogP contribution in [0.1, 0.15) is 18.5 Å². The summed E-state index contributed by atoms with van der Waals surface area (Å²) in [5.41, 5.74) is 0.800. The molecular formula is C10H17N3O2S. The van der Waals surface area contributed by atoms with Crippen molar-refractivity contribution >= 4 is 17.7 Å². The van der Waals surface area contributed by atoms with Crippen molar-refractivity contribution < 1.29 is 9.90 Å². The molecule has 0 aliphatic rings. The van der Waals surface area contributed by atoms with Gasteiger partial charge < -0.3 is 15.0 Å². The second-order valence-corrected chi connectivity index (χ2v) is 4.44. The SMILES string of the molecule is CNC(=O)CCCSc1ncc(CO)n1C. The molecule has 0 atom stereocenters. The molecule has 6 heteroatoms. The van der Waals surface area contributed by atoms with Gasteiger partial charge in [0, 0.05) is 26.3 Å². The Morgan fingerprint density at radius 1 is 1.69 bits per heavy atom. The number of thioether (sulfide) groups is 1. The molecule has 0 radical (unpaired) electrons. The van der Waals surface area contributed by atoms with E-state index in [1.165, 1.54) is 0 Å². The molecule has 5 nitrogen and oxygen atoms in total. The van der Waals surface area contributed by atoms with E-state index in [2.05, 4.69) is 10.3 Å². The summed E-state index contributed by atoms with van der Waals surface area (Å²) < 4.78 is 1.87. The van der Waals surface area contributed by atoms with E-state index < -0.39 is 0 Å². The maximum Gasteiger partial charge on any atom is 0.219 e. The van der Waals surface area contributed by atoms with Gasteiger partial charge in [0.2, 0.25) is 5.91 Å². The van der Waals surface area contributed by atoms with Crippen molar-refractivity contribution in [1.82, 2.24) is 14.9 Å². The number of aliphatic hydroxyl groups is 1. The Bertz CT molecular complexity index is 352. The minimum Gasteiger partial charge on any atom is -0.390 e. The van der Waals surface area contributed by atoms with Crippen LogP contribution in [0.2, 0.25) is 0 Å². The van der Waals surface area contributed by atoms with Crippen LogP contribution in [-0.4, -0.2) is 33.4 Å². The van der Waals surface area contributed by atoms with Crippen molar-refractivity contribution in [3.8, 4) is 0 Å². The minimum atomic E-state index is 0.00228. The lowest BCUT2D eigenvalue weighted by Crippen LogP contribution is -2.17. The summed E-state index contributed by atoms with van der Waals surface area (Å²) in [7, 11) is 3.52. The fraction of sp³-hybridized carbons (Fsp3) is 0.600. The Balaban J connectivity index is 2.32. The van der Waals surface area contributed by atoms with Crippen molar-refractivity contribution in [2.24, 2.45) is 7.05 Å². The summed E-state index contributed by atoms with van der Waals surface area (Å²) >= 11 is 1.60. The number of carbonyl (C=O) groups excluding carboxylic acids is 1. The molecule has 0 aliphatic heterocycles. The van der Waals surface area contributed by atoms with Gasteiger partial charge in [-0.3, -0.25) is 4.79 Å². The number of imidazole rings is 1. The molecule has 0 saturated heterocycles. The van der Waals surface area contributed by atoms with Gasteiger partial charge in [0.05, 0.1) is 18.5 Å². The Hall–Kier alpha value is -1.01. The molecule has 1 aromatic heterocycles. The molecule has 0 bridgehead atoms. The average Bonchev–Trinajstić information content (AvgIpc) is 2.65. The van der Waals surface area contributed by atoms with Crippen LogP contribution in [0.5, 0.6) is 0 Å². The zero-order valence-corrected chi connectivity index (χ0v) is 10.4. The number of aromatic nitrogens is 2. The van der Waals surface area contributed by atoms with Crippen molar-refractivity contribution in [2.75, 3.05) is 12.8 Å². The minimum absolute atomic E-state index is 0.00228. The Kier molecular flexibility index (Phi) is 5.34. The highest BCUT2D eigenvalue weighted by atomic mass is 32.2. The van der Waals surface area contributed by atoms with Crippen LogP contribution in [-0.2, 0) is 18.4 Å². The van der Waals surface area contributed by atoms with Crippen LogP contribution in [0.15, 0.2) is 11.4 Å². The van der Waals surface area contributed by atoms with E-state index in [0.29, 0.717) is 6.42 Å². The number of nitrogens with zero attached hydrogens (tertiary/aromatic N) is 2. The van der Waals surface area contributed by atoms with Gasteiger partial charge in [-0.1, -0.05) is 11.8 Å². The van der Waals surface area contributed by atoms with Crippen LogP contribution in [0.3, 0.4) is 0 Å². The highest BCUT2D eigenvalue weighted by Gasteiger charge is 2.06. The second kappa shape index (κ2) is 6.55. The molecule has 1 aromatic rings. The van der Waals surface area contributed by atoms with Gasteiger partial charge in [-0.05, 0) is 6.42 Å². The largest absolute Gasteiger partial charge is 0.390 e. The first-order chi connectivity index (χ1) is 7.69. The number of aliphatic hydroxyl groups excluding tert-OH is 1. The Labute approximate surface area is 99.3 Å². The summed E-state index contributed by atoms with van der Waals surface area (Å²) in [6.45, 7) is 0.00228. The standard InChI is InChI=1S/C10H17N3O2S/c1-11-9(15)4-3-5-16-10-12-6-8(7-14)13(10)2/h6,14H,3-5,7H2,1-2H3,(H,11,15). The summed E-state index contributed by atoms with van der Waals surface area (Å²) in [5.74, 6) is 0.917. The lowest BCUT2D eigenvalue weighted by Gasteiger charge is -2.03. The third-order valence-electron chi connectivity index (χ3n) is 2.26. The van der Waals surface area contributed by atoms with Crippen LogP contribution < -0.4 is 5.32 Å². The lowest BCUT2D eigenvalue weighted by atomic mass is 10.3. The molecule has 1 heterocycles. The van der Waals surface area contributed by atoms with Crippen LogP contribution in [0.25, 0.3) is 0 Å². The molecule has 0 spiro atoms. The molecule has 0 aliphatic carbocycles. The van der Waals surface area contributed by atoms with Crippen LogP contribution >= 0.6 is 11.8 Å². The number of amides is 1. The Morgan fingerprint density at radius 2 is 2.44 bits per heavy atom. The van der Waals surface area contributed by atoms with Crippen LogP contribution in [0.4, 0.5) is 0 Å². The highest BCUT2D eigenvalue weighted by molar-refractivity contribution is 7.99. The molecule has 1 amide bonds. The smallest absolute Gasteiger partial charge is 0.219 e. The number of rotatable bonds is 6. The van der Waals surface area contributed by atoms with Gasteiger partial charge >= 0.3 is 0 Å². The third-order valence-corrected chi connectivity index (χ3v) is 3.39. The molecule has 0 fully saturated rings. The molecule has 16 heavy (non-hydrogen) atoms. The summed E-state index contributed by atoms with van der Waals surface area (Å²) in [4.78, 5) is 15.2. The number of carbonyl (C=O) groups is 1. The molecular weight excluding hydrogens is 226 g/mol. The second-order valence-electron chi connectivity index (χ2n) is 3.37. The van der Waals surface area contributed by atoms with Crippen molar-refractivity contribution in [3.63, 3.8) is 0 Å². The van der Waals surface area contributed by atoms with E-state index in [-0.39, 0.29) is 12.5 Å². The van der Waals surface area contributed by atoms with Crippen molar-refractivity contribution in [1.29, 1.82) is 0 Å².